The molecule has 4 aliphatic rings. The summed E-state index contributed by atoms with van der Waals surface area (Å²) in [5.41, 5.74) is 3.20. The van der Waals surface area contributed by atoms with Crippen LogP contribution in [0.5, 0.6) is 5.75 Å². The number of hydrogen-bond donors (Lipinski definition) is 1. The van der Waals surface area contributed by atoms with Crippen LogP contribution in [0.15, 0.2) is 18.2 Å². The molecular formula is C20H22N2O4. The number of rotatable bonds is 2. The number of nitrogens with zero attached hydrogens (tertiary/aromatic N) is 1. The average molecular weight is 354 g/mol. The molecule has 6 heteroatoms. The lowest BCUT2D eigenvalue weighted by molar-refractivity contribution is -0.159. The van der Waals surface area contributed by atoms with Crippen molar-refractivity contribution < 1.29 is 19.1 Å². The molecule has 1 aliphatic carbocycles. The summed E-state index contributed by atoms with van der Waals surface area (Å²) in [4.78, 5) is 31.0. The normalized spacial score (nSPS) is 29.5. The van der Waals surface area contributed by atoms with E-state index < -0.39 is 0 Å². The second kappa shape index (κ2) is 5.50. The van der Waals surface area contributed by atoms with E-state index in [2.05, 4.69) is 4.98 Å². The van der Waals surface area contributed by atoms with E-state index in [-0.39, 0.29) is 29.8 Å². The zero-order valence-corrected chi connectivity index (χ0v) is 15.0. The first kappa shape index (κ1) is 15.7. The van der Waals surface area contributed by atoms with Crippen molar-refractivity contribution in [3.8, 4) is 5.75 Å². The molecule has 4 atom stereocenters. The van der Waals surface area contributed by atoms with E-state index in [1.54, 1.807) is 7.11 Å². The van der Waals surface area contributed by atoms with Crippen LogP contribution in [0.3, 0.4) is 0 Å². The Hall–Kier alpha value is -2.50. The molecule has 136 valence electrons. The molecule has 3 aliphatic heterocycles. The minimum Gasteiger partial charge on any atom is -0.497 e. The highest BCUT2D eigenvalue weighted by atomic mass is 16.5. The number of carbonyl (C=O) groups excluding carboxylic acids is 2. The van der Waals surface area contributed by atoms with Crippen molar-refractivity contribution in [2.75, 3.05) is 20.8 Å². The Morgan fingerprint density at radius 2 is 2.12 bits per heavy atom. The van der Waals surface area contributed by atoms with Gasteiger partial charge in [0.15, 0.2) is 0 Å². The van der Waals surface area contributed by atoms with E-state index in [0.29, 0.717) is 12.3 Å². The summed E-state index contributed by atoms with van der Waals surface area (Å²) >= 11 is 0. The molecule has 3 fully saturated rings. The number of fused-ring (bicyclic) bond motifs is 4. The van der Waals surface area contributed by atoms with Gasteiger partial charge in [-0.2, -0.15) is 0 Å². The van der Waals surface area contributed by atoms with Crippen LogP contribution in [0.25, 0.3) is 10.9 Å². The van der Waals surface area contributed by atoms with Gasteiger partial charge in [-0.15, -0.1) is 0 Å². The van der Waals surface area contributed by atoms with Crippen LogP contribution in [0.4, 0.5) is 0 Å². The minimum absolute atomic E-state index is 0.101. The molecule has 4 unspecified atom stereocenters. The summed E-state index contributed by atoms with van der Waals surface area (Å²) < 4.78 is 10.4. The van der Waals surface area contributed by atoms with Crippen molar-refractivity contribution in [1.29, 1.82) is 0 Å². The maximum atomic E-state index is 13.1. The number of amides is 1. The summed E-state index contributed by atoms with van der Waals surface area (Å²) in [6.07, 6.45) is 2.20. The van der Waals surface area contributed by atoms with Gasteiger partial charge in [-0.05, 0) is 42.5 Å². The van der Waals surface area contributed by atoms with Crippen LogP contribution in [0.1, 0.15) is 30.0 Å². The molecular weight excluding hydrogens is 332 g/mol. The second-order valence-corrected chi connectivity index (χ2v) is 7.72. The molecule has 2 aromatic rings. The lowest BCUT2D eigenvalue weighted by Gasteiger charge is -2.51. The number of aromatic amines is 1. The summed E-state index contributed by atoms with van der Waals surface area (Å²) in [6, 6.07) is 5.83. The summed E-state index contributed by atoms with van der Waals surface area (Å²) in [5.74, 6) is 0.988. The fraction of sp³-hybridized carbons (Fsp3) is 0.500. The Morgan fingerprint density at radius 3 is 2.88 bits per heavy atom. The number of carbonyl (C=O) groups is 2. The zero-order chi connectivity index (χ0) is 18.0. The lowest BCUT2D eigenvalue weighted by atomic mass is 9.66. The number of ether oxygens (including phenoxy) is 2. The van der Waals surface area contributed by atoms with Gasteiger partial charge >= 0.3 is 5.97 Å². The van der Waals surface area contributed by atoms with Crippen LogP contribution in [-0.2, 0) is 20.7 Å². The number of H-pyrrole nitrogens is 1. The number of benzene rings is 1. The van der Waals surface area contributed by atoms with Crippen molar-refractivity contribution in [3.05, 3.63) is 29.5 Å². The molecule has 6 nitrogen and oxygen atoms in total. The van der Waals surface area contributed by atoms with Crippen LogP contribution >= 0.6 is 0 Å². The first-order valence-corrected chi connectivity index (χ1v) is 9.16. The van der Waals surface area contributed by atoms with Crippen molar-refractivity contribution in [3.63, 3.8) is 0 Å². The summed E-state index contributed by atoms with van der Waals surface area (Å²) in [7, 11) is 3.09. The van der Waals surface area contributed by atoms with E-state index in [0.717, 1.165) is 47.3 Å². The van der Waals surface area contributed by atoms with Gasteiger partial charge in [-0.25, -0.2) is 0 Å². The summed E-state index contributed by atoms with van der Waals surface area (Å²) in [5, 5.41) is 1.05. The average Bonchev–Trinajstić information content (AvgIpc) is 3.00. The second-order valence-electron chi connectivity index (χ2n) is 7.72. The van der Waals surface area contributed by atoms with Gasteiger partial charge in [0.05, 0.1) is 32.6 Å². The van der Waals surface area contributed by atoms with E-state index in [1.165, 1.54) is 7.11 Å². The quantitative estimate of drug-likeness (QED) is 0.840. The van der Waals surface area contributed by atoms with Crippen molar-refractivity contribution >= 4 is 22.8 Å². The molecule has 4 bridgehead atoms. The first-order valence-electron chi connectivity index (χ1n) is 9.16. The van der Waals surface area contributed by atoms with E-state index in [9.17, 15) is 9.59 Å². The van der Waals surface area contributed by atoms with Gasteiger partial charge in [0, 0.05) is 29.1 Å². The Kier molecular flexibility index (Phi) is 3.33. The molecule has 6 rings (SSSR count). The molecule has 4 heterocycles. The van der Waals surface area contributed by atoms with E-state index in [1.807, 2.05) is 23.1 Å². The third-order valence-corrected chi connectivity index (χ3v) is 6.48. The topological polar surface area (TPSA) is 71.6 Å². The van der Waals surface area contributed by atoms with Crippen LogP contribution in [0, 0.1) is 11.8 Å². The molecule has 0 radical (unpaired) electrons. The molecule has 0 spiro atoms. The standard InChI is InChI=1S/C20H22N2O4/c1-25-11-3-4-16-12(7-11)13-8-17(23)22-9-10-5-14(18(13)21-16)19(22)15(6-10)20(24)26-2/h3-4,7,10,14-15,19,21H,5-6,8-9H2,1-2H3. The molecule has 2 saturated heterocycles. The Bertz CT molecular complexity index is 918. The zero-order valence-electron chi connectivity index (χ0n) is 15.0. The van der Waals surface area contributed by atoms with Crippen LogP contribution in [-0.4, -0.2) is 48.6 Å². The largest absolute Gasteiger partial charge is 0.497 e. The van der Waals surface area contributed by atoms with Crippen molar-refractivity contribution in [2.24, 2.45) is 11.8 Å². The number of nitrogens with one attached hydrogen (secondary N) is 1. The predicted molar refractivity (Wildman–Crippen MR) is 95.0 cm³/mol. The smallest absolute Gasteiger partial charge is 0.310 e. The molecule has 1 aromatic carbocycles. The van der Waals surface area contributed by atoms with Crippen molar-refractivity contribution in [2.45, 2.75) is 31.2 Å². The van der Waals surface area contributed by atoms with Gasteiger partial charge in [0.2, 0.25) is 5.91 Å². The Labute approximate surface area is 151 Å². The highest BCUT2D eigenvalue weighted by molar-refractivity contribution is 5.93. The van der Waals surface area contributed by atoms with Crippen LogP contribution < -0.4 is 4.74 Å². The SMILES string of the molecule is COC(=O)C1CC2CC3c4[nH]c5ccc(OC)cc5c4CC(=O)N(C2)C13. The maximum Gasteiger partial charge on any atom is 0.310 e. The van der Waals surface area contributed by atoms with Crippen molar-refractivity contribution in [1.82, 2.24) is 9.88 Å². The lowest BCUT2D eigenvalue weighted by Crippen LogP contribution is -2.59. The fourth-order valence-corrected chi connectivity index (χ4v) is 5.44. The van der Waals surface area contributed by atoms with Crippen LogP contribution in [0.2, 0.25) is 0 Å². The number of methoxy groups -OCH3 is 2. The van der Waals surface area contributed by atoms with Gasteiger partial charge in [0.25, 0.3) is 0 Å². The molecule has 1 amide bonds. The third kappa shape index (κ3) is 2.04. The summed E-state index contributed by atoms with van der Waals surface area (Å²) in [6.45, 7) is 0.763. The number of hydrogen-bond acceptors (Lipinski definition) is 4. The van der Waals surface area contributed by atoms with Gasteiger partial charge in [0.1, 0.15) is 5.75 Å². The van der Waals surface area contributed by atoms with E-state index in [4.69, 9.17) is 9.47 Å². The highest BCUT2D eigenvalue weighted by Gasteiger charge is 2.54. The number of aromatic nitrogens is 1. The Morgan fingerprint density at radius 1 is 1.27 bits per heavy atom. The number of esters is 1. The van der Waals surface area contributed by atoms with Gasteiger partial charge in [-0.3, -0.25) is 9.59 Å². The molecule has 1 N–H and O–H groups in total. The highest BCUT2D eigenvalue weighted by Crippen LogP contribution is 2.50. The number of piperidine rings is 2. The molecule has 1 aromatic heterocycles. The molecule has 1 saturated carbocycles. The predicted octanol–water partition coefficient (Wildman–Crippen LogP) is 2.23. The van der Waals surface area contributed by atoms with E-state index >= 15 is 0 Å². The Balaban J connectivity index is 1.68. The third-order valence-electron chi connectivity index (χ3n) is 6.48. The fourth-order valence-electron chi connectivity index (χ4n) is 5.44. The molecule has 26 heavy (non-hydrogen) atoms. The maximum absolute atomic E-state index is 13.1. The van der Waals surface area contributed by atoms with Gasteiger partial charge < -0.3 is 19.4 Å². The monoisotopic (exact) mass is 354 g/mol. The first-order chi connectivity index (χ1) is 12.6. The minimum atomic E-state index is -0.228. The van der Waals surface area contributed by atoms with Gasteiger partial charge in [-0.1, -0.05) is 0 Å².